The fourth-order valence-corrected chi connectivity index (χ4v) is 3.88. The van der Waals surface area contributed by atoms with Gasteiger partial charge in [-0.1, -0.05) is 26.2 Å². The molecule has 7 nitrogen and oxygen atoms in total. The van der Waals surface area contributed by atoms with Gasteiger partial charge in [-0.2, -0.15) is 18.5 Å². The maximum absolute atomic E-state index is 12.7. The summed E-state index contributed by atoms with van der Waals surface area (Å²) in [5.74, 6) is 1.18. The smallest absolute Gasteiger partial charge is 0.222 e. The lowest BCUT2D eigenvalue weighted by Crippen LogP contribution is -2.42. The summed E-state index contributed by atoms with van der Waals surface area (Å²) >= 11 is 0. The van der Waals surface area contributed by atoms with Crippen molar-refractivity contribution in [1.29, 1.82) is 0 Å². The number of ketones is 1. The van der Waals surface area contributed by atoms with Gasteiger partial charge in [0.15, 0.2) is 5.82 Å². The van der Waals surface area contributed by atoms with Gasteiger partial charge in [-0.05, 0) is 51.3 Å². The predicted molar refractivity (Wildman–Crippen MR) is 124 cm³/mol. The fourth-order valence-electron chi connectivity index (χ4n) is 3.88. The summed E-state index contributed by atoms with van der Waals surface area (Å²) in [6.07, 6.45) is 9.41. The first-order chi connectivity index (χ1) is 13.5. The quantitative estimate of drug-likeness (QED) is 0.571. The van der Waals surface area contributed by atoms with Crippen LogP contribution < -0.4 is 16.4 Å². The molecule has 3 heterocycles. The molecular formula is C21H34N6OS. The van der Waals surface area contributed by atoms with Gasteiger partial charge in [0.1, 0.15) is 11.3 Å². The Kier molecular flexibility index (Phi) is 8.64. The van der Waals surface area contributed by atoms with E-state index < -0.39 is 0 Å². The zero-order chi connectivity index (χ0) is 20.0. The van der Waals surface area contributed by atoms with E-state index in [-0.39, 0.29) is 31.0 Å². The lowest BCUT2D eigenvalue weighted by Gasteiger charge is -2.32. The van der Waals surface area contributed by atoms with E-state index in [2.05, 4.69) is 39.4 Å². The number of fused-ring (bicyclic) bond motifs is 1. The number of hydrogen-bond acceptors (Lipinski definition) is 7. The van der Waals surface area contributed by atoms with Gasteiger partial charge in [-0.3, -0.25) is 9.78 Å². The second kappa shape index (κ2) is 10.7. The van der Waals surface area contributed by atoms with Crippen LogP contribution in [0.15, 0.2) is 18.3 Å². The number of Topliss-reactive ketones (excluding diaryl/α,β-unsaturated/α-hetero) is 1. The van der Waals surface area contributed by atoms with Crippen LogP contribution in [0, 0.1) is 0 Å². The number of carbonyl (C=O) groups excluding carboxylic acids is 1. The third-order valence-corrected chi connectivity index (χ3v) is 5.60. The van der Waals surface area contributed by atoms with Crippen LogP contribution in [-0.4, -0.2) is 38.9 Å². The molecule has 1 aliphatic heterocycles. The number of carbonyl (C=O) groups is 1. The van der Waals surface area contributed by atoms with Crippen LogP contribution in [0.4, 0.5) is 11.8 Å². The van der Waals surface area contributed by atoms with Crippen LogP contribution >= 0.6 is 13.5 Å². The maximum Gasteiger partial charge on any atom is 0.222 e. The summed E-state index contributed by atoms with van der Waals surface area (Å²) < 4.78 is 0. The Labute approximate surface area is 180 Å². The molecule has 0 radical (unpaired) electrons. The second-order valence-corrected chi connectivity index (χ2v) is 8.06. The van der Waals surface area contributed by atoms with Crippen LogP contribution in [0.2, 0.25) is 0 Å². The summed E-state index contributed by atoms with van der Waals surface area (Å²) in [6.45, 7) is 5.29. The molecule has 8 heteroatoms. The first kappa shape index (κ1) is 23.3. The van der Waals surface area contributed by atoms with E-state index >= 15 is 0 Å². The largest absolute Gasteiger partial charge is 0.368 e. The number of nitrogen functional groups attached to an aromatic ring is 1. The summed E-state index contributed by atoms with van der Waals surface area (Å²) in [5.41, 5.74) is 7.08. The van der Waals surface area contributed by atoms with Crippen molar-refractivity contribution in [3.05, 3.63) is 18.3 Å². The predicted octanol–water partition coefficient (Wildman–Crippen LogP) is 3.57. The molecule has 0 aliphatic carbocycles. The first-order valence-electron chi connectivity index (χ1n) is 10.4. The van der Waals surface area contributed by atoms with Gasteiger partial charge in [-0.25, -0.2) is 4.98 Å². The molecule has 1 unspecified atom stereocenters. The Balaban J connectivity index is 0.00000300. The van der Waals surface area contributed by atoms with Crippen molar-refractivity contribution in [3.63, 3.8) is 0 Å². The number of piperidine rings is 1. The van der Waals surface area contributed by atoms with Gasteiger partial charge in [-0.15, -0.1) is 0 Å². The van der Waals surface area contributed by atoms with Crippen LogP contribution in [0.3, 0.4) is 0 Å². The zero-order valence-electron chi connectivity index (χ0n) is 17.5. The van der Waals surface area contributed by atoms with Crippen molar-refractivity contribution >= 4 is 42.1 Å². The lowest BCUT2D eigenvalue weighted by atomic mass is 9.87. The number of nitrogens with two attached hydrogens (primary N) is 1. The highest BCUT2D eigenvalue weighted by molar-refractivity contribution is 7.59. The molecule has 3 rings (SSSR count). The van der Waals surface area contributed by atoms with Crippen molar-refractivity contribution in [3.8, 4) is 0 Å². The Morgan fingerprint density at radius 1 is 1.34 bits per heavy atom. The van der Waals surface area contributed by atoms with Crippen molar-refractivity contribution in [2.24, 2.45) is 0 Å². The number of hydrogen-bond donors (Lipinski definition) is 3. The van der Waals surface area contributed by atoms with Gasteiger partial charge in [0.25, 0.3) is 0 Å². The van der Waals surface area contributed by atoms with Gasteiger partial charge in [0.2, 0.25) is 5.95 Å². The maximum atomic E-state index is 12.7. The molecule has 0 spiro atoms. The molecule has 1 aliphatic rings. The monoisotopic (exact) mass is 418 g/mol. The lowest BCUT2D eigenvalue weighted by molar-refractivity contribution is -0.121. The summed E-state index contributed by atoms with van der Waals surface area (Å²) in [7, 11) is 0. The molecule has 0 aromatic carbocycles. The summed E-state index contributed by atoms with van der Waals surface area (Å²) in [6, 6.07) is 3.74. The Bertz CT molecular complexity index is 811. The van der Waals surface area contributed by atoms with E-state index in [1.807, 2.05) is 12.1 Å². The Morgan fingerprint density at radius 2 is 2.17 bits per heavy atom. The minimum atomic E-state index is -0.258. The molecule has 2 aromatic rings. The van der Waals surface area contributed by atoms with Crippen LogP contribution in [-0.2, 0) is 4.79 Å². The number of rotatable bonds is 9. The van der Waals surface area contributed by atoms with Crippen LogP contribution in [0.1, 0.15) is 65.2 Å². The molecule has 1 fully saturated rings. The number of aromatic nitrogens is 3. The highest BCUT2D eigenvalue weighted by Crippen LogP contribution is 2.29. The van der Waals surface area contributed by atoms with E-state index in [0.717, 1.165) is 57.0 Å². The van der Waals surface area contributed by atoms with Gasteiger partial charge in [0.05, 0.1) is 11.6 Å². The number of nitrogens with one attached hydrogen (secondary N) is 2. The number of anilines is 2. The molecule has 2 aromatic heterocycles. The minimum Gasteiger partial charge on any atom is -0.368 e. The molecular weight excluding hydrogens is 384 g/mol. The standard InChI is InChI=1S/C21H32N6O.H2S/c1-3-4-11-21(2,12-10-17(28)15-8-5-6-13-23-15)27-19-18-16(9-7-14-24-18)25-20(22)26-19;/h7,9,14-15,23H,3-6,8,10-13H2,1-2H3,(H3,22,25,26,27);1H2/t15-,21?;/m0./s1. The highest BCUT2D eigenvalue weighted by atomic mass is 32.1. The average molecular weight is 419 g/mol. The molecule has 2 atom stereocenters. The summed E-state index contributed by atoms with van der Waals surface area (Å²) in [4.78, 5) is 25.8. The number of unbranched alkanes of at least 4 members (excludes halogenated alkanes) is 1. The van der Waals surface area contributed by atoms with Crippen molar-refractivity contribution in [2.75, 3.05) is 17.6 Å². The molecule has 0 saturated carbocycles. The Hall–Kier alpha value is -1.93. The van der Waals surface area contributed by atoms with Gasteiger partial charge < -0.3 is 16.4 Å². The fraction of sp³-hybridized carbons (Fsp3) is 0.619. The average Bonchev–Trinajstić information content (AvgIpc) is 2.71. The van der Waals surface area contributed by atoms with Gasteiger partial charge >= 0.3 is 0 Å². The molecule has 29 heavy (non-hydrogen) atoms. The number of pyridine rings is 1. The van der Waals surface area contributed by atoms with Crippen LogP contribution in [0.5, 0.6) is 0 Å². The van der Waals surface area contributed by atoms with Gasteiger partial charge in [0, 0.05) is 18.2 Å². The molecule has 4 N–H and O–H groups in total. The minimum absolute atomic E-state index is 0. The van der Waals surface area contributed by atoms with Crippen molar-refractivity contribution < 1.29 is 4.79 Å². The SMILES string of the molecule is CCCCC(C)(CCC(=O)[C@@H]1CCCCN1)Nc1nc(N)nc2cccnc12.S. The van der Waals surface area contributed by atoms with E-state index in [1.165, 1.54) is 0 Å². The van der Waals surface area contributed by atoms with E-state index in [9.17, 15) is 4.79 Å². The van der Waals surface area contributed by atoms with Crippen molar-refractivity contribution in [2.45, 2.75) is 76.8 Å². The van der Waals surface area contributed by atoms with E-state index in [0.29, 0.717) is 23.5 Å². The number of nitrogens with zero attached hydrogens (tertiary/aromatic N) is 3. The summed E-state index contributed by atoms with van der Waals surface area (Å²) in [5, 5.41) is 6.93. The molecule has 0 amide bonds. The molecule has 160 valence electrons. The third kappa shape index (κ3) is 6.27. The van der Waals surface area contributed by atoms with Crippen molar-refractivity contribution in [1.82, 2.24) is 20.3 Å². The normalized spacial score (nSPS) is 18.6. The third-order valence-electron chi connectivity index (χ3n) is 5.60. The van der Waals surface area contributed by atoms with E-state index in [4.69, 9.17) is 5.73 Å². The second-order valence-electron chi connectivity index (χ2n) is 8.06. The highest BCUT2D eigenvalue weighted by Gasteiger charge is 2.28. The Morgan fingerprint density at radius 3 is 2.90 bits per heavy atom. The molecule has 1 saturated heterocycles. The first-order valence-corrected chi connectivity index (χ1v) is 10.4. The zero-order valence-corrected chi connectivity index (χ0v) is 18.5. The topological polar surface area (TPSA) is 106 Å². The molecule has 0 bridgehead atoms. The van der Waals surface area contributed by atoms with Crippen LogP contribution in [0.25, 0.3) is 11.0 Å². The van der Waals surface area contributed by atoms with E-state index in [1.54, 1.807) is 6.20 Å².